The minimum absolute atomic E-state index is 0.0841. The summed E-state index contributed by atoms with van der Waals surface area (Å²) in [5, 5.41) is 2.52. The molecule has 31 heavy (non-hydrogen) atoms. The fourth-order valence-corrected chi connectivity index (χ4v) is 4.36. The summed E-state index contributed by atoms with van der Waals surface area (Å²) in [4.78, 5) is 35.1. The van der Waals surface area contributed by atoms with Gasteiger partial charge >= 0.3 is 5.97 Å². The van der Waals surface area contributed by atoms with Gasteiger partial charge in [-0.25, -0.2) is 14.8 Å². The lowest BCUT2D eigenvalue weighted by molar-refractivity contribution is 0.0469. The molecule has 6 nitrogen and oxygen atoms in total. The molecule has 0 saturated heterocycles. The summed E-state index contributed by atoms with van der Waals surface area (Å²) >= 11 is 1.35. The van der Waals surface area contributed by atoms with Crippen LogP contribution in [-0.2, 0) is 11.3 Å². The molecule has 0 radical (unpaired) electrons. The van der Waals surface area contributed by atoms with Crippen molar-refractivity contribution in [2.24, 2.45) is 0 Å². The predicted molar refractivity (Wildman–Crippen MR) is 120 cm³/mol. The van der Waals surface area contributed by atoms with Crippen LogP contribution >= 0.6 is 11.3 Å². The highest BCUT2D eigenvalue weighted by Gasteiger charge is 2.20. The minimum atomic E-state index is -0.471. The topological polar surface area (TPSA) is 73.6 Å². The number of nitrogens with zero attached hydrogens (tertiary/aromatic N) is 3. The number of esters is 1. The van der Waals surface area contributed by atoms with Crippen molar-refractivity contribution in [3.05, 3.63) is 99.4 Å². The summed E-state index contributed by atoms with van der Waals surface area (Å²) in [6, 6.07) is 18.6. The van der Waals surface area contributed by atoms with E-state index in [-0.39, 0.29) is 12.2 Å². The van der Waals surface area contributed by atoms with E-state index in [1.165, 1.54) is 21.8 Å². The van der Waals surface area contributed by atoms with Crippen LogP contribution < -0.4 is 5.56 Å². The summed E-state index contributed by atoms with van der Waals surface area (Å²) in [6.07, 6.45) is 1.67. The third-order valence-corrected chi connectivity index (χ3v) is 5.85. The zero-order valence-electron chi connectivity index (χ0n) is 16.6. The van der Waals surface area contributed by atoms with E-state index in [9.17, 15) is 9.59 Å². The molecule has 0 aliphatic heterocycles. The van der Waals surface area contributed by atoms with Crippen LogP contribution in [0, 0.1) is 6.92 Å². The highest BCUT2D eigenvalue weighted by atomic mass is 32.1. The lowest BCUT2D eigenvalue weighted by Gasteiger charge is -2.14. The van der Waals surface area contributed by atoms with Crippen molar-refractivity contribution < 1.29 is 9.53 Å². The van der Waals surface area contributed by atoms with Gasteiger partial charge < -0.3 is 4.74 Å². The Hall–Kier alpha value is -3.84. The van der Waals surface area contributed by atoms with E-state index >= 15 is 0 Å². The fourth-order valence-electron chi connectivity index (χ4n) is 3.62. The Morgan fingerprint density at radius 1 is 1.06 bits per heavy atom. The van der Waals surface area contributed by atoms with Gasteiger partial charge in [0.05, 0.1) is 22.5 Å². The second kappa shape index (κ2) is 7.77. The highest BCUT2D eigenvalue weighted by Crippen LogP contribution is 2.30. The third kappa shape index (κ3) is 3.49. The predicted octanol–water partition coefficient (Wildman–Crippen LogP) is 4.64. The highest BCUT2D eigenvalue weighted by molar-refractivity contribution is 7.15. The van der Waals surface area contributed by atoms with Crippen LogP contribution in [0.5, 0.6) is 0 Å². The number of benzene rings is 2. The van der Waals surface area contributed by atoms with Crippen LogP contribution in [0.25, 0.3) is 27.1 Å². The molecule has 5 aromatic rings. The van der Waals surface area contributed by atoms with Crippen molar-refractivity contribution in [1.82, 2.24) is 14.4 Å². The average Bonchev–Trinajstić information content (AvgIpc) is 3.27. The second-order valence-electron chi connectivity index (χ2n) is 7.06. The van der Waals surface area contributed by atoms with E-state index in [2.05, 4.69) is 4.98 Å². The molecule has 0 spiro atoms. The first-order valence-corrected chi connectivity index (χ1v) is 10.6. The molecule has 0 aliphatic carbocycles. The van der Waals surface area contributed by atoms with Crippen molar-refractivity contribution in [2.75, 3.05) is 0 Å². The Labute approximate surface area is 181 Å². The molecule has 0 fully saturated rings. The number of thiazole rings is 1. The molecular weight excluding hydrogens is 410 g/mol. The van der Waals surface area contributed by atoms with Crippen LogP contribution in [0.1, 0.15) is 21.6 Å². The van der Waals surface area contributed by atoms with Gasteiger partial charge in [0.15, 0.2) is 4.96 Å². The van der Waals surface area contributed by atoms with Crippen LogP contribution in [0.2, 0.25) is 0 Å². The number of rotatable bonds is 4. The molecule has 3 heterocycles. The van der Waals surface area contributed by atoms with E-state index in [4.69, 9.17) is 9.72 Å². The normalized spacial score (nSPS) is 11.1. The standard InChI is InChI=1S/C24H17N3O3S/c1-15-21(23(29)30-14-17-13-20(28)27-11-12-31-24(27)25-17)18-9-5-6-10-19(18)26-22(15)16-7-3-2-4-8-16/h2-13H,14H2,1H3. The molecule has 0 N–H and O–H groups in total. The van der Waals surface area contributed by atoms with Crippen molar-refractivity contribution in [3.63, 3.8) is 0 Å². The Balaban J connectivity index is 1.54. The van der Waals surface area contributed by atoms with Crippen molar-refractivity contribution in [3.8, 4) is 11.3 Å². The lowest BCUT2D eigenvalue weighted by atomic mass is 9.98. The van der Waals surface area contributed by atoms with E-state index < -0.39 is 5.97 Å². The Kier molecular flexibility index (Phi) is 4.80. The summed E-state index contributed by atoms with van der Waals surface area (Å²) < 4.78 is 7.06. The van der Waals surface area contributed by atoms with Crippen LogP contribution in [-0.4, -0.2) is 20.3 Å². The second-order valence-corrected chi connectivity index (χ2v) is 7.93. The number of carbonyl (C=O) groups excluding carboxylic acids is 1. The van der Waals surface area contributed by atoms with Gasteiger partial charge in [-0.2, -0.15) is 0 Å². The minimum Gasteiger partial charge on any atom is -0.456 e. The molecular formula is C24H17N3O3S. The Morgan fingerprint density at radius 2 is 1.84 bits per heavy atom. The fraction of sp³-hybridized carbons (Fsp3) is 0.0833. The zero-order chi connectivity index (χ0) is 21.4. The van der Waals surface area contributed by atoms with Gasteiger partial charge in [0.25, 0.3) is 5.56 Å². The molecule has 5 rings (SSSR count). The maximum atomic E-state index is 13.2. The first kappa shape index (κ1) is 19.1. The van der Waals surface area contributed by atoms with Gasteiger partial charge in [-0.1, -0.05) is 48.5 Å². The summed E-state index contributed by atoms with van der Waals surface area (Å²) in [5.74, 6) is -0.471. The average molecular weight is 427 g/mol. The van der Waals surface area contributed by atoms with Gasteiger partial charge in [0, 0.05) is 28.6 Å². The van der Waals surface area contributed by atoms with Crippen LogP contribution in [0.3, 0.4) is 0 Å². The first-order valence-electron chi connectivity index (χ1n) is 9.69. The maximum absolute atomic E-state index is 13.2. The molecule has 0 amide bonds. The van der Waals surface area contributed by atoms with E-state index in [1.54, 1.807) is 11.6 Å². The van der Waals surface area contributed by atoms with Crippen molar-refractivity contribution >= 4 is 33.2 Å². The van der Waals surface area contributed by atoms with Gasteiger partial charge in [-0.05, 0) is 18.6 Å². The number of aromatic nitrogens is 3. The molecule has 0 bridgehead atoms. The smallest absolute Gasteiger partial charge is 0.339 e. The zero-order valence-corrected chi connectivity index (χ0v) is 17.4. The SMILES string of the molecule is Cc1c(-c2ccccc2)nc2ccccc2c1C(=O)OCc1cc(=O)n2ccsc2n1. The maximum Gasteiger partial charge on any atom is 0.339 e. The molecule has 152 valence electrons. The van der Waals surface area contributed by atoms with E-state index in [0.29, 0.717) is 16.2 Å². The van der Waals surface area contributed by atoms with Crippen LogP contribution in [0.4, 0.5) is 0 Å². The van der Waals surface area contributed by atoms with Crippen molar-refractivity contribution in [2.45, 2.75) is 13.5 Å². The van der Waals surface area contributed by atoms with Gasteiger partial charge in [-0.3, -0.25) is 9.20 Å². The first-order chi connectivity index (χ1) is 15.1. The van der Waals surface area contributed by atoms with E-state index in [1.807, 2.05) is 61.5 Å². The molecule has 0 aliphatic rings. The number of pyridine rings is 1. The quantitative estimate of drug-likeness (QED) is 0.391. The number of hydrogen-bond donors (Lipinski definition) is 0. The summed E-state index contributed by atoms with van der Waals surface area (Å²) in [7, 11) is 0. The number of hydrogen-bond acceptors (Lipinski definition) is 6. The van der Waals surface area contributed by atoms with Crippen LogP contribution in [0.15, 0.2) is 77.0 Å². The van der Waals surface area contributed by atoms with Crippen molar-refractivity contribution in [1.29, 1.82) is 0 Å². The molecule has 0 atom stereocenters. The van der Waals surface area contributed by atoms with E-state index in [0.717, 1.165) is 27.7 Å². The summed E-state index contributed by atoms with van der Waals surface area (Å²) in [6.45, 7) is 1.79. The molecule has 0 saturated carbocycles. The Bertz CT molecular complexity index is 1490. The van der Waals surface area contributed by atoms with Gasteiger partial charge in [0.2, 0.25) is 0 Å². The molecule has 0 unspecified atom stereocenters. The molecule has 3 aromatic heterocycles. The number of para-hydroxylation sites is 1. The lowest BCUT2D eigenvalue weighted by Crippen LogP contribution is -2.15. The number of fused-ring (bicyclic) bond motifs is 2. The Morgan fingerprint density at radius 3 is 2.68 bits per heavy atom. The number of carbonyl (C=O) groups is 1. The third-order valence-electron chi connectivity index (χ3n) is 5.09. The monoisotopic (exact) mass is 427 g/mol. The largest absolute Gasteiger partial charge is 0.456 e. The van der Waals surface area contributed by atoms with Gasteiger partial charge in [0.1, 0.15) is 6.61 Å². The molecule has 7 heteroatoms. The summed E-state index contributed by atoms with van der Waals surface area (Å²) in [5.41, 5.74) is 3.82. The number of ether oxygens (including phenoxy) is 1. The molecule has 2 aromatic carbocycles. The van der Waals surface area contributed by atoms with Gasteiger partial charge in [-0.15, -0.1) is 11.3 Å².